The van der Waals surface area contributed by atoms with Crippen molar-refractivity contribution in [2.45, 2.75) is 32.8 Å². The first-order valence-corrected chi connectivity index (χ1v) is 8.04. The summed E-state index contributed by atoms with van der Waals surface area (Å²) in [5.41, 5.74) is 0.737. The highest BCUT2D eigenvalue weighted by Crippen LogP contribution is 2.22. The lowest BCUT2D eigenvalue weighted by Gasteiger charge is -2.13. The Morgan fingerprint density at radius 1 is 1.38 bits per heavy atom. The highest BCUT2D eigenvalue weighted by Gasteiger charge is 2.25. The summed E-state index contributed by atoms with van der Waals surface area (Å²) in [6.07, 6.45) is 0.0286. The number of thiophene rings is 1. The molecule has 2 rings (SSSR count). The molecule has 1 aliphatic rings. The van der Waals surface area contributed by atoms with Gasteiger partial charge in [0.25, 0.3) is 0 Å². The minimum atomic E-state index is -0.400. The summed E-state index contributed by atoms with van der Waals surface area (Å²) >= 11 is 1.60. The zero-order chi connectivity index (χ0) is 15.4. The van der Waals surface area contributed by atoms with Crippen LogP contribution >= 0.6 is 11.3 Å². The summed E-state index contributed by atoms with van der Waals surface area (Å²) in [5, 5.41) is 15.5. The lowest BCUT2D eigenvalue weighted by molar-refractivity contribution is -0.121. The van der Waals surface area contributed by atoms with E-state index < -0.39 is 6.10 Å². The predicted molar refractivity (Wildman–Crippen MR) is 82.7 cm³/mol. The van der Waals surface area contributed by atoms with E-state index in [0.717, 1.165) is 15.3 Å². The van der Waals surface area contributed by atoms with Crippen LogP contribution in [-0.4, -0.2) is 42.5 Å². The van der Waals surface area contributed by atoms with Crippen LogP contribution in [0.15, 0.2) is 6.07 Å². The maximum atomic E-state index is 12.1. The molecule has 0 saturated carbocycles. The van der Waals surface area contributed by atoms with Gasteiger partial charge in [0.05, 0.1) is 6.10 Å². The van der Waals surface area contributed by atoms with Gasteiger partial charge in [-0.05, 0) is 19.9 Å². The molecule has 3 N–H and O–H groups in total. The quantitative estimate of drug-likeness (QED) is 0.686. The van der Waals surface area contributed by atoms with Crippen LogP contribution in [0.3, 0.4) is 0 Å². The minimum Gasteiger partial charge on any atom is -0.391 e. The molecule has 2 unspecified atom stereocenters. The van der Waals surface area contributed by atoms with E-state index in [1.165, 1.54) is 0 Å². The number of aryl methyl sites for hydroxylation is 2. The minimum absolute atomic E-state index is 0.0227. The van der Waals surface area contributed by atoms with Crippen molar-refractivity contribution < 1.29 is 14.7 Å². The van der Waals surface area contributed by atoms with Crippen LogP contribution in [0.25, 0.3) is 0 Å². The predicted octanol–water partition coefficient (Wildman–Crippen LogP) is 1.02. The van der Waals surface area contributed by atoms with Crippen molar-refractivity contribution in [3.05, 3.63) is 21.4 Å². The van der Waals surface area contributed by atoms with Gasteiger partial charge in [-0.2, -0.15) is 0 Å². The number of hydrogen-bond donors (Lipinski definition) is 3. The van der Waals surface area contributed by atoms with Gasteiger partial charge in [-0.3, -0.25) is 9.59 Å². The van der Waals surface area contributed by atoms with Gasteiger partial charge in [0, 0.05) is 53.7 Å². The molecule has 1 saturated heterocycles. The van der Waals surface area contributed by atoms with Gasteiger partial charge in [-0.1, -0.05) is 0 Å². The number of rotatable bonds is 6. The van der Waals surface area contributed by atoms with E-state index >= 15 is 0 Å². The monoisotopic (exact) mass is 310 g/mol. The number of hydrogen-bond acceptors (Lipinski definition) is 5. The van der Waals surface area contributed by atoms with Crippen molar-refractivity contribution in [2.75, 3.05) is 19.6 Å². The van der Waals surface area contributed by atoms with Crippen molar-refractivity contribution in [1.82, 2.24) is 10.6 Å². The van der Waals surface area contributed by atoms with Crippen LogP contribution in [0.1, 0.15) is 33.0 Å². The lowest BCUT2D eigenvalue weighted by atomic mass is 10.1. The fourth-order valence-corrected chi connectivity index (χ4v) is 3.47. The van der Waals surface area contributed by atoms with Gasteiger partial charge in [0.15, 0.2) is 5.78 Å². The lowest BCUT2D eigenvalue weighted by Crippen LogP contribution is -2.34. The Hall–Kier alpha value is -1.24. The molecule has 5 nitrogen and oxygen atoms in total. The number of carbonyl (C=O) groups is 2. The molecule has 1 aliphatic heterocycles. The molecule has 1 aromatic heterocycles. The third-order valence-corrected chi connectivity index (χ3v) is 4.75. The molecule has 21 heavy (non-hydrogen) atoms. The average Bonchev–Trinajstić information content (AvgIpc) is 2.99. The number of nitrogens with one attached hydrogen (secondary N) is 2. The molecule has 0 spiro atoms. The molecule has 0 bridgehead atoms. The first kappa shape index (κ1) is 16.1. The molecular weight excluding hydrogens is 288 g/mol. The Balaban J connectivity index is 1.73. The molecule has 0 aromatic carbocycles. The maximum absolute atomic E-state index is 12.1. The first-order chi connectivity index (χ1) is 9.97. The van der Waals surface area contributed by atoms with Gasteiger partial charge in [-0.25, -0.2) is 0 Å². The number of β-amino-alcohol motifs (C(OH)–C–C–N with tert-alkyl or cyclic N) is 1. The first-order valence-electron chi connectivity index (χ1n) is 7.23. The summed E-state index contributed by atoms with van der Waals surface area (Å²) in [6, 6.07) is 1.89. The highest BCUT2D eigenvalue weighted by atomic mass is 32.1. The van der Waals surface area contributed by atoms with Gasteiger partial charge in [0.2, 0.25) is 5.91 Å². The van der Waals surface area contributed by atoms with Crippen LogP contribution in [0, 0.1) is 19.8 Å². The molecule has 2 heterocycles. The second kappa shape index (κ2) is 7.15. The Morgan fingerprint density at radius 3 is 2.71 bits per heavy atom. The molecule has 0 radical (unpaired) electrons. The summed E-state index contributed by atoms with van der Waals surface area (Å²) < 4.78 is 0. The van der Waals surface area contributed by atoms with Crippen molar-refractivity contribution in [3.8, 4) is 0 Å². The van der Waals surface area contributed by atoms with Gasteiger partial charge in [0.1, 0.15) is 0 Å². The van der Waals surface area contributed by atoms with E-state index in [1.54, 1.807) is 11.3 Å². The number of ketones is 1. The largest absolute Gasteiger partial charge is 0.391 e. The Bertz CT molecular complexity index is 527. The van der Waals surface area contributed by atoms with Crippen LogP contribution in [0.4, 0.5) is 0 Å². The number of aliphatic hydroxyl groups is 1. The normalized spacial score (nSPS) is 21.5. The topological polar surface area (TPSA) is 78.4 Å². The van der Waals surface area contributed by atoms with Crippen molar-refractivity contribution in [2.24, 2.45) is 5.92 Å². The van der Waals surface area contributed by atoms with E-state index in [1.807, 2.05) is 19.9 Å². The summed E-state index contributed by atoms with van der Waals surface area (Å²) in [5.74, 6) is -0.0481. The van der Waals surface area contributed by atoms with Gasteiger partial charge < -0.3 is 15.7 Å². The van der Waals surface area contributed by atoms with E-state index in [9.17, 15) is 14.7 Å². The van der Waals surface area contributed by atoms with Crippen LogP contribution in [-0.2, 0) is 4.79 Å². The smallest absolute Gasteiger partial charge is 0.220 e. The zero-order valence-corrected chi connectivity index (χ0v) is 13.3. The maximum Gasteiger partial charge on any atom is 0.220 e. The average molecular weight is 310 g/mol. The van der Waals surface area contributed by atoms with Crippen molar-refractivity contribution in [1.29, 1.82) is 0 Å². The van der Waals surface area contributed by atoms with Crippen LogP contribution in [0.5, 0.6) is 0 Å². The standard InChI is InChI=1S/C15H22N2O3S/c1-9-5-12(10(2)21-9)13(18)3-4-15(20)17-7-11-6-16-8-14(11)19/h5,11,14,16,19H,3-4,6-8H2,1-2H3,(H,17,20). The molecular formula is C15H22N2O3S. The van der Waals surface area contributed by atoms with Crippen molar-refractivity contribution >= 4 is 23.0 Å². The van der Waals surface area contributed by atoms with E-state index in [-0.39, 0.29) is 30.4 Å². The second-order valence-corrected chi connectivity index (χ2v) is 7.00. The van der Waals surface area contributed by atoms with Gasteiger partial charge in [-0.15, -0.1) is 11.3 Å². The van der Waals surface area contributed by atoms with Crippen LogP contribution in [0.2, 0.25) is 0 Å². The molecule has 116 valence electrons. The Kier molecular flexibility index (Phi) is 5.50. The number of aliphatic hydroxyl groups excluding tert-OH is 1. The Morgan fingerprint density at radius 2 is 2.14 bits per heavy atom. The molecule has 1 amide bonds. The van der Waals surface area contributed by atoms with E-state index in [2.05, 4.69) is 10.6 Å². The van der Waals surface area contributed by atoms with E-state index in [0.29, 0.717) is 19.6 Å². The Labute approximate surface area is 128 Å². The number of amides is 1. The third kappa shape index (κ3) is 4.36. The van der Waals surface area contributed by atoms with E-state index in [4.69, 9.17) is 0 Å². The molecule has 6 heteroatoms. The molecule has 1 aromatic rings. The molecule has 0 aliphatic carbocycles. The van der Waals surface area contributed by atoms with Gasteiger partial charge >= 0.3 is 0 Å². The zero-order valence-electron chi connectivity index (χ0n) is 12.4. The van der Waals surface area contributed by atoms with Crippen LogP contribution < -0.4 is 10.6 Å². The number of Topliss-reactive ketones (excluding diaryl/α,β-unsaturated/α-hetero) is 1. The molecule has 2 atom stereocenters. The highest BCUT2D eigenvalue weighted by molar-refractivity contribution is 7.12. The van der Waals surface area contributed by atoms with Crippen molar-refractivity contribution in [3.63, 3.8) is 0 Å². The summed E-state index contributed by atoms with van der Waals surface area (Å²) in [7, 11) is 0. The molecule has 1 fully saturated rings. The fourth-order valence-electron chi connectivity index (χ4n) is 2.53. The summed E-state index contributed by atoms with van der Waals surface area (Å²) in [6.45, 7) is 5.66. The fraction of sp³-hybridized carbons (Fsp3) is 0.600. The summed E-state index contributed by atoms with van der Waals surface area (Å²) in [4.78, 5) is 26.0. The number of carbonyl (C=O) groups excluding carboxylic acids is 2. The second-order valence-electron chi connectivity index (χ2n) is 5.54. The SMILES string of the molecule is Cc1cc(C(=O)CCC(=O)NCC2CNCC2O)c(C)s1. The third-order valence-electron chi connectivity index (χ3n) is 3.79.